The van der Waals surface area contributed by atoms with Gasteiger partial charge in [-0.25, -0.2) is 4.98 Å². The van der Waals surface area contributed by atoms with Gasteiger partial charge < -0.3 is 10.6 Å². The molecule has 0 atom stereocenters. The lowest BCUT2D eigenvalue weighted by Gasteiger charge is -2.05. The summed E-state index contributed by atoms with van der Waals surface area (Å²) >= 11 is 0. The Balaban J connectivity index is 1.99. The number of nitrogens with zero attached hydrogens (tertiary/aromatic N) is 3. The molecule has 82 valence electrons. The van der Waals surface area contributed by atoms with Gasteiger partial charge in [-0.3, -0.25) is 9.97 Å². The van der Waals surface area contributed by atoms with Crippen molar-refractivity contribution in [3.05, 3.63) is 42.5 Å². The maximum Gasteiger partial charge on any atom is 0.147 e. The summed E-state index contributed by atoms with van der Waals surface area (Å²) in [7, 11) is 1.81. The number of anilines is 2. The third kappa shape index (κ3) is 2.66. The molecule has 0 saturated heterocycles. The Morgan fingerprint density at radius 1 is 1.19 bits per heavy atom. The molecule has 2 N–H and O–H groups in total. The summed E-state index contributed by atoms with van der Waals surface area (Å²) in [5, 5.41) is 6.10. The van der Waals surface area contributed by atoms with Gasteiger partial charge in [-0.15, -0.1) is 0 Å². The standard InChI is InChI=1S/C11H13N5/c1-12-10-7-13-8-11(16-10)15-6-9-4-2-3-5-14-9/h2-5,7-8H,6H2,1H3,(H2,12,15,16). The van der Waals surface area contributed by atoms with Crippen molar-refractivity contribution in [1.82, 2.24) is 15.0 Å². The first kappa shape index (κ1) is 10.4. The second-order valence-corrected chi connectivity index (χ2v) is 3.21. The van der Waals surface area contributed by atoms with E-state index in [4.69, 9.17) is 0 Å². The van der Waals surface area contributed by atoms with Crippen LogP contribution in [-0.4, -0.2) is 22.0 Å². The molecule has 0 aliphatic rings. The maximum absolute atomic E-state index is 4.29. The highest BCUT2D eigenvalue weighted by atomic mass is 15.1. The highest BCUT2D eigenvalue weighted by Gasteiger charge is 1.97. The van der Waals surface area contributed by atoms with Gasteiger partial charge in [0.25, 0.3) is 0 Å². The summed E-state index contributed by atoms with van der Waals surface area (Å²) in [5.41, 5.74) is 0.971. The molecule has 0 aromatic carbocycles. The van der Waals surface area contributed by atoms with E-state index in [0.29, 0.717) is 6.54 Å². The molecule has 0 aliphatic heterocycles. The molecule has 2 aromatic rings. The smallest absolute Gasteiger partial charge is 0.147 e. The molecule has 0 fully saturated rings. The van der Waals surface area contributed by atoms with E-state index in [1.54, 1.807) is 18.6 Å². The minimum atomic E-state index is 0.642. The van der Waals surface area contributed by atoms with Gasteiger partial charge >= 0.3 is 0 Å². The minimum absolute atomic E-state index is 0.642. The predicted molar refractivity (Wildman–Crippen MR) is 63.1 cm³/mol. The number of hydrogen-bond donors (Lipinski definition) is 2. The molecule has 0 saturated carbocycles. The first-order valence-corrected chi connectivity index (χ1v) is 5.02. The fourth-order valence-electron chi connectivity index (χ4n) is 1.26. The van der Waals surface area contributed by atoms with Gasteiger partial charge in [0, 0.05) is 13.2 Å². The number of nitrogens with one attached hydrogen (secondary N) is 2. The zero-order valence-corrected chi connectivity index (χ0v) is 9.01. The van der Waals surface area contributed by atoms with Crippen LogP contribution in [0.3, 0.4) is 0 Å². The number of pyridine rings is 1. The molecular weight excluding hydrogens is 202 g/mol. The maximum atomic E-state index is 4.29. The lowest BCUT2D eigenvalue weighted by molar-refractivity contribution is 1.02. The van der Waals surface area contributed by atoms with Crippen LogP contribution in [0.2, 0.25) is 0 Å². The number of aromatic nitrogens is 3. The van der Waals surface area contributed by atoms with Crippen LogP contribution in [0.5, 0.6) is 0 Å². The van der Waals surface area contributed by atoms with Gasteiger partial charge in [-0.2, -0.15) is 0 Å². The summed E-state index contributed by atoms with van der Waals surface area (Å²) in [5.74, 6) is 1.48. The largest absolute Gasteiger partial charge is 0.372 e. The highest BCUT2D eigenvalue weighted by Crippen LogP contribution is 2.06. The van der Waals surface area contributed by atoms with E-state index >= 15 is 0 Å². The van der Waals surface area contributed by atoms with Crippen molar-refractivity contribution in [3.8, 4) is 0 Å². The topological polar surface area (TPSA) is 62.7 Å². The van der Waals surface area contributed by atoms with Gasteiger partial charge in [0.2, 0.25) is 0 Å². The Morgan fingerprint density at radius 2 is 2.06 bits per heavy atom. The van der Waals surface area contributed by atoms with Crippen molar-refractivity contribution in [1.29, 1.82) is 0 Å². The summed E-state index contributed by atoms with van der Waals surface area (Å²) in [6, 6.07) is 5.81. The Labute approximate surface area is 94.0 Å². The van der Waals surface area contributed by atoms with Crippen LogP contribution < -0.4 is 10.6 Å². The van der Waals surface area contributed by atoms with Crippen LogP contribution in [0.25, 0.3) is 0 Å². The molecule has 0 aliphatic carbocycles. The number of rotatable bonds is 4. The van der Waals surface area contributed by atoms with Crippen LogP contribution in [0, 0.1) is 0 Å². The quantitative estimate of drug-likeness (QED) is 0.809. The van der Waals surface area contributed by atoms with E-state index in [0.717, 1.165) is 17.3 Å². The second kappa shape index (κ2) is 5.06. The molecule has 0 bridgehead atoms. The van der Waals surface area contributed by atoms with Gasteiger partial charge in [0.1, 0.15) is 11.6 Å². The van der Waals surface area contributed by atoms with E-state index in [-0.39, 0.29) is 0 Å². The third-order valence-electron chi connectivity index (χ3n) is 2.07. The van der Waals surface area contributed by atoms with Crippen LogP contribution in [-0.2, 0) is 6.54 Å². The van der Waals surface area contributed by atoms with E-state index in [1.807, 2.05) is 25.2 Å². The molecule has 2 aromatic heterocycles. The first-order valence-electron chi connectivity index (χ1n) is 5.02. The fourth-order valence-corrected chi connectivity index (χ4v) is 1.26. The van der Waals surface area contributed by atoms with Gasteiger partial charge in [0.15, 0.2) is 0 Å². The summed E-state index contributed by atoms with van der Waals surface area (Å²) < 4.78 is 0. The monoisotopic (exact) mass is 215 g/mol. The molecule has 0 radical (unpaired) electrons. The van der Waals surface area contributed by atoms with Crippen LogP contribution in [0.1, 0.15) is 5.69 Å². The Hall–Kier alpha value is -2.17. The van der Waals surface area contributed by atoms with Gasteiger partial charge in [0.05, 0.1) is 24.6 Å². The zero-order valence-electron chi connectivity index (χ0n) is 9.01. The average molecular weight is 215 g/mol. The first-order chi connectivity index (χ1) is 7.88. The normalized spacial score (nSPS) is 9.81. The van der Waals surface area contributed by atoms with Crippen molar-refractivity contribution < 1.29 is 0 Å². The highest BCUT2D eigenvalue weighted by molar-refractivity contribution is 5.41. The predicted octanol–water partition coefficient (Wildman–Crippen LogP) is 1.53. The Morgan fingerprint density at radius 3 is 2.81 bits per heavy atom. The Bertz CT molecular complexity index is 443. The molecule has 0 unspecified atom stereocenters. The molecule has 5 heteroatoms. The summed E-state index contributed by atoms with van der Waals surface area (Å²) in [6.07, 6.45) is 5.13. The van der Waals surface area contributed by atoms with Gasteiger partial charge in [-0.1, -0.05) is 6.07 Å². The number of hydrogen-bond acceptors (Lipinski definition) is 5. The second-order valence-electron chi connectivity index (χ2n) is 3.21. The zero-order chi connectivity index (χ0) is 11.2. The van der Waals surface area contributed by atoms with Crippen molar-refractivity contribution in [2.24, 2.45) is 0 Å². The van der Waals surface area contributed by atoms with E-state index in [2.05, 4.69) is 25.6 Å². The third-order valence-corrected chi connectivity index (χ3v) is 2.07. The van der Waals surface area contributed by atoms with Crippen LogP contribution in [0.4, 0.5) is 11.6 Å². The molecule has 2 rings (SSSR count). The van der Waals surface area contributed by atoms with E-state index in [1.165, 1.54) is 0 Å². The summed E-state index contributed by atoms with van der Waals surface area (Å²) in [6.45, 7) is 0.642. The minimum Gasteiger partial charge on any atom is -0.372 e. The van der Waals surface area contributed by atoms with Crippen molar-refractivity contribution >= 4 is 11.6 Å². The van der Waals surface area contributed by atoms with Crippen molar-refractivity contribution in [2.45, 2.75) is 6.54 Å². The van der Waals surface area contributed by atoms with E-state index < -0.39 is 0 Å². The Kier molecular flexibility index (Phi) is 3.28. The van der Waals surface area contributed by atoms with E-state index in [9.17, 15) is 0 Å². The molecule has 2 heterocycles. The van der Waals surface area contributed by atoms with Crippen LogP contribution >= 0.6 is 0 Å². The molecular formula is C11H13N5. The van der Waals surface area contributed by atoms with Crippen molar-refractivity contribution in [3.63, 3.8) is 0 Å². The lowest BCUT2D eigenvalue weighted by Crippen LogP contribution is -2.04. The lowest BCUT2D eigenvalue weighted by atomic mass is 10.3. The summed E-state index contributed by atoms with van der Waals surface area (Å²) in [4.78, 5) is 12.6. The van der Waals surface area contributed by atoms with Crippen LogP contribution in [0.15, 0.2) is 36.8 Å². The SMILES string of the molecule is CNc1cncc(NCc2ccccn2)n1. The molecule has 0 amide bonds. The molecule has 16 heavy (non-hydrogen) atoms. The molecule has 5 nitrogen and oxygen atoms in total. The van der Waals surface area contributed by atoms with Gasteiger partial charge in [-0.05, 0) is 12.1 Å². The molecule has 0 spiro atoms. The average Bonchev–Trinajstić information content (AvgIpc) is 2.38. The van der Waals surface area contributed by atoms with Crippen molar-refractivity contribution in [2.75, 3.05) is 17.7 Å². The fraction of sp³-hybridized carbons (Fsp3) is 0.182.